The molecule has 3 N–H and O–H groups in total. The van der Waals surface area contributed by atoms with Crippen LogP contribution in [0.5, 0.6) is 0 Å². The second kappa shape index (κ2) is 20.3. The van der Waals surface area contributed by atoms with E-state index in [0.29, 0.717) is 43.3 Å². The van der Waals surface area contributed by atoms with Gasteiger partial charge in [0.25, 0.3) is 0 Å². The highest BCUT2D eigenvalue weighted by Crippen LogP contribution is 2.47. The Morgan fingerprint density at radius 2 is 1.63 bits per heavy atom. The second-order valence-electron chi connectivity index (χ2n) is 19.3. The van der Waals surface area contributed by atoms with Gasteiger partial charge in [-0.2, -0.15) is 0 Å². The highest BCUT2D eigenvalue weighted by molar-refractivity contribution is 5.78. The number of esters is 1. The number of fused-ring (bicyclic) bond motifs is 2. The van der Waals surface area contributed by atoms with Crippen molar-refractivity contribution < 1.29 is 62.4 Å². The van der Waals surface area contributed by atoms with E-state index in [9.17, 15) is 15.0 Å². The van der Waals surface area contributed by atoms with Crippen LogP contribution in [0.4, 0.5) is 0 Å². The molecule has 354 valence electrons. The van der Waals surface area contributed by atoms with Crippen LogP contribution in [0, 0.1) is 23.7 Å². The van der Waals surface area contributed by atoms with Gasteiger partial charge in [0.05, 0.1) is 55.4 Å². The highest BCUT2D eigenvalue weighted by atomic mass is 16.7. The Hall–Kier alpha value is -2.31. The Labute approximate surface area is 374 Å². The van der Waals surface area contributed by atoms with E-state index in [-0.39, 0.29) is 67.0 Å². The van der Waals surface area contributed by atoms with Gasteiger partial charge in [-0.05, 0) is 69.9 Å². The Bertz CT molecular complexity index is 1750. The minimum atomic E-state index is -1.83. The summed E-state index contributed by atoms with van der Waals surface area (Å²) in [5.74, 6) is -2.51. The van der Waals surface area contributed by atoms with Crippen molar-refractivity contribution in [1.82, 2.24) is 5.32 Å². The van der Waals surface area contributed by atoms with Crippen LogP contribution >= 0.6 is 0 Å². The van der Waals surface area contributed by atoms with Gasteiger partial charge in [0.1, 0.15) is 35.9 Å². The quantitative estimate of drug-likeness (QED) is 0.194. The lowest BCUT2D eigenvalue weighted by Crippen LogP contribution is -2.58. The van der Waals surface area contributed by atoms with E-state index in [1.54, 1.807) is 33.3 Å². The number of hydrogen-bond donors (Lipinski definition) is 3. The van der Waals surface area contributed by atoms with E-state index < -0.39 is 66.4 Å². The van der Waals surface area contributed by atoms with Crippen molar-refractivity contribution >= 4 is 5.97 Å². The lowest BCUT2D eigenvalue weighted by atomic mass is 9.71. The first-order valence-electron chi connectivity index (χ1n) is 23.4. The van der Waals surface area contributed by atoms with Crippen molar-refractivity contribution in [2.45, 2.75) is 191 Å². The normalized spacial score (nSPS) is 46.4. The second-order valence-corrected chi connectivity index (χ2v) is 19.3. The summed E-state index contributed by atoms with van der Waals surface area (Å²) in [6, 6.07) is 0.0442. The van der Waals surface area contributed by atoms with Crippen LogP contribution < -0.4 is 5.32 Å². The van der Waals surface area contributed by atoms with Crippen molar-refractivity contribution in [1.29, 1.82) is 0 Å². The summed E-state index contributed by atoms with van der Waals surface area (Å²) in [5, 5.41) is 27.1. The molecule has 20 atom stereocenters. The topological polar surface area (TPSA) is 162 Å². The predicted octanol–water partition coefficient (Wildman–Crippen LogP) is 5.60. The molecule has 7 rings (SSSR count). The third-order valence-corrected chi connectivity index (χ3v) is 14.9. The molecule has 7 aliphatic rings. The van der Waals surface area contributed by atoms with E-state index in [2.05, 4.69) is 52.1 Å². The lowest BCUT2D eigenvalue weighted by molar-refractivity contribution is -0.312. The highest BCUT2D eigenvalue weighted by Gasteiger charge is 2.60. The first-order chi connectivity index (χ1) is 30.0. The SMILES string of the molecule is CC[C@H](C)[C@H]1O[C@]2(C=C[C@@H]1C)C[C@@H]1C[C@@H](CC=C(C)[C@@H](O[C@H]3C[C@H](OC)[C@@H](O[C@H]4C[C@H](OC)[C@H](NC)[C@H](C)O4)[C@H](C)O3)[C@@H](C)C=CC=C3CO[C@@H]4[C@H](O)C(C)=C[C@@H](C(=O)O1)[C@]34O)O2. The van der Waals surface area contributed by atoms with E-state index in [0.717, 1.165) is 12.0 Å². The summed E-state index contributed by atoms with van der Waals surface area (Å²) in [5.41, 5.74) is 0.180. The molecule has 0 aromatic heterocycles. The number of allylic oxidation sites excluding steroid dienone is 2. The van der Waals surface area contributed by atoms with Gasteiger partial charge in [-0.15, -0.1) is 0 Å². The van der Waals surface area contributed by atoms with Gasteiger partial charge in [0, 0.05) is 51.7 Å². The molecule has 4 saturated heterocycles. The summed E-state index contributed by atoms with van der Waals surface area (Å²) in [6.45, 7) is 16.4. The molecule has 4 fully saturated rings. The summed E-state index contributed by atoms with van der Waals surface area (Å²) in [6.07, 6.45) is 10.7. The number of methoxy groups -OCH3 is 2. The van der Waals surface area contributed by atoms with E-state index in [1.807, 2.05) is 39.1 Å². The van der Waals surface area contributed by atoms with Crippen LogP contribution in [-0.2, 0) is 52.2 Å². The number of ether oxygens (including phenoxy) is 10. The molecule has 0 aromatic rings. The lowest BCUT2D eigenvalue weighted by Gasteiger charge is -2.48. The molecule has 0 amide bonds. The fourth-order valence-corrected chi connectivity index (χ4v) is 11.0. The molecule has 0 aromatic carbocycles. The minimum absolute atomic E-state index is 0.0411. The average molecular weight is 886 g/mol. The van der Waals surface area contributed by atoms with E-state index in [1.165, 1.54) is 0 Å². The van der Waals surface area contributed by atoms with Crippen molar-refractivity contribution in [2.24, 2.45) is 23.7 Å². The molecular formula is C49H75NO13. The van der Waals surface area contributed by atoms with Crippen LogP contribution in [0.25, 0.3) is 0 Å². The number of aliphatic hydroxyl groups excluding tert-OH is 1. The number of aliphatic hydroxyl groups is 2. The zero-order chi connectivity index (χ0) is 45.4. The zero-order valence-corrected chi connectivity index (χ0v) is 39.3. The van der Waals surface area contributed by atoms with Gasteiger partial charge >= 0.3 is 5.97 Å². The number of carbonyl (C=O) groups excluding carboxylic acids is 1. The summed E-state index contributed by atoms with van der Waals surface area (Å²) in [7, 11) is 5.30. The van der Waals surface area contributed by atoms with Gasteiger partial charge < -0.3 is 62.9 Å². The monoisotopic (exact) mass is 886 g/mol. The number of rotatable bonds is 9. The van der Waals surface area contributed by atoms with Crippen LogP contribution in [0.1, 0.15) is 93.9 Å². The average Bonchev–Trinajstić information content (AvgIpc) is 3.60. The molecule has 0 radical (unpaired) electrons. The largest absolute Gasteiger partial charge is 0.462 e. The molecule has 14 heteroatoms. The van der Waals surface area contributed by atoms with Gasteiger partial charge in [-0.3, -0.25) is 4.79 Å². The molecule has 0 unspecified atom stereocenters. The molecule has 14 nitrogen and oxygen atoms in total. The molecule has 2 bridgehead atoms. The Balaban J connectivity index is 1.18. The molecule has 1 aliphatic carbocycles. The molecule has 6 aliphatic heterocycles. The standard InChI is InChI=1S/C49H75NO13/c1-12-26(2)44-29(5)18-19-48(63-44)24-35-21-34(62-48)17-16-28(4)43(27(3)14-13-15-33-25-56-46-42(51)30(6)20-36(47(52)59-35)49(33,46)53)60-40-23-38(55-11)45(32(8)58-40)61-39-22-37(54-10)41(50-9)31(7)57-39/h13-16,18-20,26-27,29,31-32,34-46,50-51,53H,12,17,21-25H2,1-11H3/t26-,27-,29-,31-,32-,34+,35-,36-,37-,38-,39-,40-,41+,42+,43-,44+,45-,46+,48+,49+/m0/s1. The molecular weight excluding hydrogens is 811 g/mol. The van der Waals surface area contributed by atoms with Crippen LogP contribution in [-0.4, -0.2) is 141 Å². The summed E-state index contributed by atoms with van der Waals surface area (Å²) < 4.78 is 64.6. The third kappa shape index (κ3) is 10.0. The number of carbonyl (C=O) groups is 1. The first kappa shape index (κ1) is 48.6. The molecule has 63 heavy (non-hydrogen) atoms. The first-order valence-corrected chi connectivity index (χ1v) is 23.4. The summed E-state index contributed by atoms with van der Waals surface area (Å²) in [4.78, 5) is 14.4. The van der Waals surface area contributed by atoms with E-state index >= 15 is 0 Å². The van der Waals surface area contributed by atoms with Gasteiger partial charge in [-0.1, -0.05) is 70.6 Å². The Kier molecular flexibility index (Phi) is 15.7. The minimum Gasteiger partial charge on any atom is -0.462 e. The summed E-state index contributed by atoms with van der Waals surface area (Å²) >= 11 is 0. The van der Waals surface area contributed by atoms with Crippen molar-refractivity contribution in [3.63, 3.8) is 0 Å². The molecule has 6 heterocycles. The molecule has 0 saturated carbocycles. The maximum absolute atomic E-state index is 14.4. The number of hydrogen-bond acceptors (Lipinski definition) is 14. The fourth-order valence-electron chi connectivity index (χ4n) is 11.0. The maximum atomic E-state index is 14.4. The third-order valence-electron chi connectivity index (χ3n) is 14.9. The van der Waals surface area contributed by atoms with Crippen LogP contribution in [0.2, 0.25) is 0 Å². The smallest absolute Gasteiger partial charge is 0.316 e. The van der Waals surface area contributed by atoms with Crippen LogP contribution in [0.15, 0.2) is 59.3 Å². The number of likely N-dealkylation sites (N-methyl/N-ethyl adjacent to an activating group) is 1. The number of nitrogens with one attached hydrogen (secondary N) is 1. The van der Waals surface area contributed by atoms with Crippen molar-refractivity contribution in [3.05, 3.63) is 59.3 Å². The van der Waals surface area contributed by atoms with Gasteiger partial charge in [0.2, 0.25) is 0 Å². The van der Waals surface area contributed by atoms with Crippen molar-refractivity contribution in [2.75, 3.05) is 27.9 Å². The Morgan fingerprint density at radius 1 is 0.921 bits per heavy atom. The van der Waals surface area contributed by atoms with Crippen LogP contribution in [0.3, 0.4) is 0 Å². The van der Waals surface area contributed by atoms with Gasteiger partial charge in [-0.25, -0.2) is 0 Å². The van der Waals surface area contributed by atoms with Crippen molar-refractivity contribution in [3.8, 4) is 0 Å². The maximum Gasteiger partial charge on any atom is 0.316 e. The Morgan fingerprint density at radius 3 is 2.35 bits per heavy atom. The van der Waals surface area contributed by atoms with E-state index in [4.69, 9.17) is 47.4 Å². The van der Waals surface area contributed by atoms with Gasteiger partial charge in [0.15, 0.2) is 18.4 Å². The molecule has 1 spiro atoms. The fraction of sp³-hybridized carbons (Fsp3) is 0.776. The zero-order valence-electron chi connectivity index (χ0n) is 39.3. The predicted molar refractivity (Wildman–Crippen MR) is 234 cm³/mol.